The zero-order valence-corrected chi connectivity index (χ0v) is 7.60. The Morgan fingerprint density at radius 1 is 1.38 bits per heavy atom. The molecular formula is C8H6FNO2S. The minimum Gasteiger partial charge on any atom is -0.224 e. The van der Waals surface area contributed by atoms with Crippen LogP contribution in [0.1, 0.15) is 5.56 Å². The van der Waals surface area contributed by atoms with Gasteiger partial charge in [0.05, 0.1) is 16.5 Å². The fourth-order valence-electron chi connectivity index (χ4n) is 0.841. The van der Waals surface area contributed by atoms with Gasteiger partial charge in [-0.1, -0.05) is 0 Å². The third-order valence-corrected chi connectivity index (χ3v) is 2.52. The Hall–Kier alpha value is -1.41. The molecule has 0 aromatic heterocycles. The number of nitrogens with zero attached hydrogens (tertiary/aromatic N) is 1. The number of sulfone groups is 1. The topological polar surface area (TPSA) is 57.9 Å². The maximum Gasteiger partial charge on any atom is 0.175 e. The van der Waals surface area contributed by atoms with Crippen LogP contribution < -0.4 is 0 Å². The number of halogens is 1. The number of hydrogen-bond donors (Lipinski definition) is 0. The molecule has 13 heavy (non-hydrogen) atoms. The Morgan fingerprint density at radius 2 is 2.00 bits per heavy atom. The highest BCUT2D eigenvalue weighted by molar-refractivity contribution is 7.90. The van der Waals surface area contributed by atoms with E-state index in [9.17, 15) is 12.8 Å². The van der Waals surface area contributed by atoms with Gasteiger partial charge in [-0.05, 0) is 18.2 Å². The average Bonchev–Trinajstić information content (AvgIpc) is 2.01. The number of benzene rings is 1. The van der Waals surface area contributed by atoms with E-state index in [4.69, 9.17) is 5.26 Å². The lowest BCUT2D eigenvalue weighted by molar-refractivity contribution is 0.595. The second-order valence-corrected chi connectivity index (χ2v) is 4.58. The molecule has 0 heterocycles. The van der Waals surface area contributed by atoms with Crippen molar-refractivity contribution in [3.05, 3.63) is 29.6 Å². The van der Waals surface area contributed by atoms with Gasteiger partial charge in [0.1, 0.15) is 5.82 Å². The molecule has 1 rings (SSSR count). The number of nitriles is 1. The van der Waals surface area contributed by atoms with Crippen molar-refractivity contribution in [2.24, 2.45) is 0 Å². The summed E-state index contributed by atoms with van der Waals surface area (Å²) in [5.74, 6) is -0.723. The van der Waals surface area contributed by atoms with Crippen molar-refractivity contribution in [1.82, 2.24) is 0 Å². The van der Waals surface area contributed by atoms with E-state index in [2.05, 4.69) is 0 Å². The Balaban J connectivity index is 3.44. The minimum absolute atomic E-state index is 0.000394. The molecule has 0 fully saturated rings. The van der Waals surface area contributed by atoms with Crippen LogP contribution in [0.5, 0.6) is 0 Å². The lowest BCUT2D eigenvalue weighted by Gasteiger charge is -1.98. The standard InChI is InChI=1S/C8H6FNO2S/c1-13(11,12)8-3-6(5-10)2-7(9)4-8/h2-4H,1H3. The summed E-state index contributed by atoms with van der Waals surface area (Å²) >= 11 is 0. The molecule has 0 atom stereocenters. The summed E-state index contributed by atoms with van der Waals surface area (Å²) in [7, 11) is -3.45. The van der Waals surface area contributed by atoms with Crippen LogP contribution in [-0.4, -0.2) is 14.7 Å². The molecule has 0 saturated heterocycles. The lowest BCUT2D eigenvalue weighted by atomic mass is 10.2. The smallest absolute Gasteiger partial charge is 0.175 e. The zero-order chi connectivity index (χ0) is 10.1. The van der Waals surface area contributed by atoms with Crippen LogP contribution in [0.2, 0.25) is 0 Å². The Labute approximate surface area is 75.3 Å². The summed E-state index contributed by atoms with van der Waals surface area (Å²) in [6.45, 7) is 0. The van der Waals surface area contributed by atoms with Crippen molar-refractivity contribution in [2.45, 2.75) is 4.90 Å². The molecule has 0 radical (unpaired) electrons. The molecule has 1 aromatic carbocycles. The molecule has 1 aromatic rings. The van der Waals surface area contributed by atoms with E-state index in [-0.39, 0.29) is 10.5 Å². The van der Waals surface area contributed by atoms with E-state index in [1.807, 2.05) is 0 Å². The van der Waals surface area contributed by atoms with Crippen LogP contribution in [0.4, 0.5) is 4.39 Å². The van der Waals surface area contributed by atoms with Gasteiger partial charge in [-0.25, -0.2) is 12.8 Å². The van der Waals surface area contributed by atoms with E-state index >= 15 is 0 Å². The number of hydrogen-bond acceptors (Lipinski definition) is 3. The first-order valence-electron chi connectivity index (χ1n) is 3.34. The predicted octanol–water partition coefficient (Wildman–Crippen LogP) is 1.10. The van der Waals surface area contributed by atoms with Gasteiger partial charge in [-0.15, -0.1) is 0 Å². The van der Waals surface area contributed by atoms with Gasteiger partial charge in [0.25, 0.3) is 0 Å². The van der Waals surface area contributed by atoms with Crippen LogP contribution in [0, 0.1) is 17.1 Å². The summed E-state index contributed by atoms with van der Waals surface area (Å²) in [6.07, 6.45) is 0.961. The van der Waals surface area contributed by atoms with Gasteiger partial charge in [0.2, 0.25) is 0 Å². The molecule has 68 valence electrons. The molecule has 0 aliphatic rings. The molecule has 0 spiro atoms. The van der Waals surface area contributed by atoms with Gasteiger partial charge in [0.15, 0.2) is 9.84 Å². The van der Waals surface area contributed by atoms with E-state index in [0.717, 1.165) is 24.5 Å². The monoisotopic (exact) mass is 199 g/mol. The van der Waals surface area contributed by atoms with Gasteiger partial charge in [-0.3, -0.25) is 0 Å². The van der Waals surface area contributed by atoms with Gasteiger partial charge in [-0.2, -0.15) is 5.26 Å². The quantitative estimate of drug-likeness (QED) is 0.680. The van der Waals surface area contributed by atoms with E-state index in [1.54, 1.807) is 6.07 Å². The summed E-state index contributed by atoms with van der Waals surface area (Å²) in [6, 6.07) is 4.68. The molecule has 3 nitrogen and oxygen atoms in total. The first-order valence-corrected chi connectivity index (χ1v) is 5.23. The Kier molecular flexibility index (Phi) is 2.34. The average molecular weight is 199 g/mol. The molecule has 0 N–H and O–H groups in total. The maximum atomic E-state index is 12.7. The molecule has 0 amide bonds. The molecule has 0 bridgehead atoms. The van der Waals surface area contributed by atoms with Gasteiger partial charge in [0, 0.05) is 6.26 Å². The summed E-state index contributed by atoms with van der Waals surface area (Å²) in [4.78, 5) is -0.177. The largest absolute Gasteiger partial charge is 0.224 e. The molecule has 5 heteroatoms. The van der Waals surface area contributed by atoms with E-state index in [0.29, 0.717) is 0 Å². The fraction of sp³-hybridized carbons (Fsp3) is 0.125. The maximum absolute atomic E-state index is 12.7. The Bertz CT molecular complexity index is 473. The first kappa shape index (κ1) is 9.68. The molecule has 0 saturated carbocycles. The van der Waals surface area contributed by atoms with Gasteiger partial charge >= 0.3 is 0 Å². The highest BCUT2D eigenvalue weighted by Gasteiger charge is 2.09. The third kappa shape index (κ3) is 2.26. The molecular weight excluding hydrogens is 193 g/mol. The minimum atomic E-state index is -3.45. The summed E-state index contributed by atoms with van der Waals surface area (Å²) in [5, 5.41) is 8.44. The second-order valence-electron chi connectivity index (χ2n) is 2.56. The highest BCUT2D eigenvalue weighted by Crippen LogP contribution is 2.13. The summed E-state index contributed by atoms with van der Waals surface area (Å²) in [5.41, 5.74) is 0.000394. The Morgan fingerprint density at radius 3 is 2.46 bits per heavy atom. The highest BCUT2D eigenvalue weighted by atomic mass is 32.2. The van der Waals surface area contributed by atoms with Crippen molar-refractivity contribution in [1.29, 1.82) is 5.26 Å². The molecule has 0 aliphatic carbocycles. The molecule has 0 aliphatic heterocycles. The lowest BCUT2D eigenvalue weighted by Crippen LogP contribution is -1.98. The van der Waals surface area contributed by atoms with Gasteiger partial charge < -0.3 is 0 Å². The van der Waals surface area contributed by atoms with Crippen LogP contribution >= 0.6 is 0 Å². The summed E-state index contributed by atoms with van der Waals surface area (Å²) < 4.78 is 34.7. The zero-order valence-electron chi connectivity index (χ0n) is 6.78. The van der Waals surface area contributed by atoms with Crippen molar-refractivity contribution < 1.29 is 12.8 Å². The fourth-order valence-corrected chi connectivity index (χ4v) is 1.51. The molecule has 0 unspecified atom stereocenters. The van der Waals surface area contributed by atoms with Crippen molar-refractivity contribution in [3.63, 3.8) is 0 Å². The normalized spacial score (nSPS) is 10.8. The third-order valence-electron chi connectivity index (χ3n) is 1.43. The van der Waals surface area contributed by atoms with Crippen molar-refractivity contribution in [2.75, 3.05) is 6.26 Å². The SMILES string of the molecule is CS(=O)(=O)c1cc(F)cc(C#N)c1. The predicted molar refractivity (Wildman–Crippen MR) is 44.2 cm³/mol. The first-order chi connectivity index (χ1) is 5.93. The van der Waals surface area contributed by atoms with Crippen LogP contribution in [-0.2, 0) is 9.84 Å². The van der Waals surface area contributed by atoms with E-state index in [1.165, 1.54) is 0 Å². The van der Waals surface area contributed by atoms with Crippen LogP contribution in [0.25, 0.3) is 0 Å². The van der Waals surface area contributed by atoms with Crippen molar-refractivity contribution >= 4 is 9.84 Å². The van der Waals surface area contributed by atoms with Crippen LogP contribution in [0.15, 0.2) is 23.1 Å². The van der Waals surface area contributed by atoms with E-state index < -0.39 is 15.7 Å². The second kappa shape index (κ2) is 3.15. The number of rotatable bonds is 1. The van der Waals surface area contributed by atoms with Crippen molar-refractivity contribution in [3.8, 4) is 6.07 Å². The van der Waals surface area contributed by atoms with Crippen LogP contribution in [0.3, 0.4) is 0 Å².